The van der Waals surface area contributed by atoms with Gasteiger partial charge in [0.25, 0.3) is 5.92 Å². The van der Waals surface area contributed by atoms with E-state index in [1.165, 1.54) is 0 Å². The molecule has 0 radical (unpaired) electrons. The first-order valence-electron chi connectivity index (χ1n) is 5.26. The molecule has 0 atom stereocenters. The SMILES string of the molecule is Cc1cnc(N2CCC(F)(F)CC2)c(O)c1. The van der Waals surface area contributed by atoms with Gasteiger partial charge in [-0.05, 0) is 18.6 Å². The Labute approximate surface area is 92.7 Å². The standard InChI is InChI=1S/C11H14F2N2O/c1-8-6-9(16)10(14-7-8)15-4-2-11(12,13)3-5-15/h6-7,16H,2-5H2,1H3. The average Bonchev–Trinajstić information content (AvgIpc) is 2.19. The van der Waals surface area contributed by atoms with Gasteiger partial charge in [-0.1, -0.05) is 0 Å². The zero-order chi connectivity index (χ0) is 11.8. The molecule has 1 aliphatic rings. The predicted molar refractivity (Wildman–Crippen MR) is 57.0 cm³/mol. The lowest BCUT2D eigenvalue weighted by Crippen LogP contribution is -2.39. The Hall–Kier alpha value is -1.39. The zero-order valence-corrected chi connectivity index (χ0v) is 9.08. The maximum atomic E-state index is 12.9. The highest BCUT2D eigenvalue weighted by molar-refractivity contribution is 5.52. The van der Waals surface area contributed by atoms with Crippen molar-refractivity contribution in [3.63, 3.8) is 0 Å². The van der Waals surface area contributed by atoms with Crippen LogP contribution in [0.25, 0.3) is 0 Å². The summed E-state index contributed by atoms with van der Waals surface area (Å²) in [6.07, 6.45) is 1.27. The summed E-state index contributed by atoms with van der Waals surface area (Å²) in [5.74, 6) is -2.11. The van der Waals surface area contributed by atoms with Crippen molar-refractivity contribution in [1.29, 1.82) is 0 Å². The first kappa shape index (κ1) is 11.1. The van der Waals surface area contributed by atoms with Crippen LogP contribution in [0.15, 0.2) is 12.3 Å². The minimum Gasteiger partial charge on any atom is -0.504 e. The third kappa shape index (κ3) is 2.23. The van der Waals surface area contributed by atoms with Gasteiger partial charge in [0.2, 0.25) is 0 Å². The van der Waals surface area contributed by atoms with Gasteiger partial charge in [-0.15, -0.1) is 0 Å². The first-order valence-corrected chi connectivity index (χ1v) is 5.26. The second kappa shape index (κ2) is 3.88. The Bertz CT molecular complexity index is 386. The molecule has 0 saturated carbocycles. The van der Waals surface area contributed by atoms with Crippen molar-refractivity contribution in [2.45, 2.75) is 25.7 Å². The second-order valence-corrected chi connectivity index (χ2v) is 4.20. The third-order valence-corrected chi connectivity index (χ3v) is 2.78. The van der Waals surface area contributed by atoms with Gasteiger partial charge in [0.1, 0.15) is 0 Å². The number of nitrogens with zero attached hydrogens (tertiary/aromatic N) is 2. The number of alkyl halides is 2. The Morgan fingerprint density at radius 1 is 1.38 bits per heavy atom. The number of aryl methyl sites for hydroxylation is 1. The molecule has 16 heavy (non-hydrogen) atoms. The minimum atomic E-state index is -2.57. The molecule has 0 amide bonds. The van der Waals surface area contributed by atoms with Crippen molar-refractivity contribution >= 4 is 5.82 Å². The van der Waals surface area contributed by atoms with Gasteiger partial charge in [0, 0.05) is 32.1 Å². The molecule has 2 rings (SSSR count). The van der Waals surface area contributed by atoms with Crippen molar-refractivity contribution in [3.8, 4) is 5.75 Å². The van der Waals surface area contributed by atoms with Crippen LogP contribution >= 0.6 is 0 Å². The molecule has 0 spiro atoms. The van der Waals surface area contributed by atoms with Crippen molar-refractivity contribution in [2.24, 2.45) is 0 Å². The Balaban J connectivity index is 2.14. The van der Waals surface area contributed by atoms with Crippen molar-refractivity contribution in [2.75, 3.05) is 18.0 Å². The van der Waals surface area contributed by atoms with E-state index in [1.54, 1.807) is 17.2 Å². The van der Waals surface area contributed by atoms with E-state index in [-0.39, 0.29) is 31.7 Å². The first-order chi connectivity index (χ1) is 7.48. The summed E-state index contributed by atoms with van der Waals surface area (Å²) in [5.41, 5.74) is 0.851. The number of piperidine rings is 1. The predicted octanol–water partition coefficient (Wildman–Crippen LogP) is 2.33. The van der Waals surface area contributed by atoms with Crippen LogP contribution in [0.2, 0.25) is 0 Å². The number of aromatic nitrogens is 1. The lowest BCUT2D eigenvalue weighted by atomic mass is 10.1. The molecular weight excluding hydrogens is 214 g/mol. The van der Waals surface area contributed by atoms with Crippen LogP contribution in [0.5, 0.6) is 5.75 Å². The summed E-state index contributed by atoms with van der Waals surface area (Å²) in [4.78, 5) is 5.78. The van der Waals surface area contributed by atoms with Gasteiger partial charge in [-0.25, -0.2) is 13.8 Å². The molecule has 1 aromatic heterocycles. The largest absolute Gasteiger partial charge is 0.504 e. The summed E-state index contributed by atoms with van der Waals surface area (Å²) in [7, 11) is 0. The molecule has 1 fully saturated rings. The van der Waals surface area contributed by atoms with Gasteiger partial charge < -0.3 is 10.0 Å². The van der Waals surface area contributed by atoms with E-state index in [0.29, 0.717) is 5.82 Å². The highest BCUT2D eigenvalue weighted by atomic mass is 19.3. The van der Waals surface area contributed by atoms with Gasteiger partial charge in [0.15, 0.2) is 11.6 Å². The second-order valence-electron chi connectivity index (χ2n) is 4.20. The fraction of sp³-hybridized carbons (Fsp3) is 0.545. The third-order valence-electron chi connectivity index (χ3n) is 2.78. The summed E-state index contributed by atoms with van der Waals surface area (Å²) in [6, 6.07) is 1.59. The lowest BCUT2D eigenvalue weighted by molar-refractivity contribution is -0.0222. The zero-order valence-electron chi connectivity index (χ0n) is 9.08. The fourth-order valence-electron chi connectivity index (χ4n) is 1.84. The van der Waals surface area contributed by atoms with Gasteiger partial charge in [-0.2, -0.15) is 0 Å². The summed E-state index contributed by atoms with van der Waals surface area (Å²) >= 11 is 0. The van der Waals surface area contributed by atoms with E-state index in [0.717, 1.165) is 5.56 Å². The Morgan fingerprint density at radius 2 is 2.00 bits per heavy atom. The van der Waals surface area contributed by atoms with Crippen LogP contribution in [0.3, 0.4) is 0 Å². The quantitative estimate of drug-likeness (QED) is 0.801. The molecule has 5 heteroatoms. The molecule has 0 aromatic carbocycles. The number of hydrogen-bond donors (Lipinski definition) is 1. The van der Waals surface area contributed by atoms with E-state index < -0.39 is 5.92 Å². The maximum Gasteiger partial charge on any atom is 0.251 e. The number of anilines is 1. The van der Waals surface area contributed by atoms with E-state index >= 15 is 0 Å². The monoisotopic (exact) mass is 228 g/mol. The molecule has 1 saturated heterocycles. The van der Waals surface area contributed by atoms with E-state index in [1.807, 2.05) is 6.92 Å². The molecule has 1 aromatic rings. The van der Waals surface area contributed by atoms with E-state index in [4.69, 9.17) is 0 Å². The van der Waals surface area contributed by atoms with Crippen LogP contribution in [0.1, 0.15) is 18.4 Å². The molecular formula is C11H14F2N2O. The van der Waals surface area contributed by atoms with Gasteiger partial charge in [-0.3, -0.25) is 0 Å². The molecule has 0 unspecified atom stereocenters. The summed E-state index contributed by atoms with van der Waals surface area (Å²) < 4.78 is 25.9. The van der Waals surface area contributed by atoms with Crippen LogP contribution in [-0.4, -0.2) is 29.1 Å². The molecule has 1 N–H and O–H groups in total. The summed E-state index contributed by atoms with van der Waals surface area (Å²) in [6.45, 7) is 2.29. The smallest absolute Gasteiger partial charge is 0.251 e. The number of hydrogen-bond acceptors (Lipinski definition) is 3. The molecule has 88 valence electrons. The number of rotatable bonds is 1. The average molecular weight is 228 g/mol. The molecule has 1 aliphatic heterocycles. The van der Waals surface area contributed by atoms with Crippen LogP contribution in [0.4, 0.5) is 14.6 Å². The maximum absolute atomic E-state index is 12.9. The van der Waals surface area contributed by atoms with Crippen molar-refractivity contribution < 1.29 is 13.9 Å². The summed E-state index contributed by atoms with van der Waals surface area (Å²) in [5, 5.41) is 9.68. The van der Waals surface area contributed by atoms with Gasteiger partial charge >= 0.3 is 0 Å². The van der Waals surface area contributed by atoms with Gasteiger partial charge in [0.05, 0.1) is 0 Å². The highest BCUT2D eigenvalue weighted by Crippen LogP contribution is 2.33. The molecule has 0 aliphatic carbocycles. The fourth-order valence-corrected chi connectivity index (χ4v) is 1.84. The lowest BCUT2D eigenvalue weighted by Gasteiger charge is -2.32. The number of aromatic hydroxyl groups is 1. The van der Waals surface area contributed by atoms with Crippen LogP contribution < -0.4 is 4.90 Å². The molecule has 3 nitrogen and oxygen atoms in total. The number of halogens is 2. The molecule has 2 heterocycles. The normalized spacial score (nSPS) is 19.8. The van der Waals surface area contributed by atoms with Crippen LogP contribution in [0, 0.1) is 6.92 Å². The minimum absolute atomic E-state index is 0.0604. The number of pyridine rings is 1. The van der Waals surface area contributed by atoms with Crippen molar-refractivity contribution in [3.05, 3.63) is 17.8 Å². The van der Waals surface area contributed by atoms with E-state index in [9.17, 15) is 13.9 Å². The Kier molecular flexibility index (Phi) is 2.69. The van der Waals surface area contributed by atoms with Crippen LogP contribution in [-0.2, 0) is 0 Å². The topological polar surface area (TPSA) is 36.4 Å². The van der Waals surface area contributed by atoms with E-state index in [2.05, 4.69) is 4.98 Å². The highest BCUT2D eigenvalue weighted by Gasteiger charge is 2.34. The van der Waals surface area contributed by atoms with Crippen molar-refractivity contribution in [1.82, 2.24) is 4.98 Å². The molecule has 0 bridgehead atoms. The Morgan fingerprint density at radius 3 is 2.56 bits per heavy atom.